The standard InChI is InChI=1S/C28H35F3N2O4/c1-26(2,3)37-25(34)33-16-14-32(15-17-33)19-24(27(35)12-7-13-27)23-11-5-4-10-22(23)20-8-6-9-21(18-20)36-28(29,30)31/h4-6,8-11,18,24,35H,7,12-17,19H2,1-3H3. The summed E-state index contributed by atoms with van der Waals surface area (Å²) < 4.78 is 48.1. The van der Waals surface area contributed by atoms with Crippen LogP contribution in [-0.4, -0.2) is 71.3 Å². The normalized spacial score (nSPS) is 19.2. The minimum absolute atomic E-state index is 0.238. The van der Waals surface area contributed by atoms with Crippen molar-refractivity contribution in [2.45, 2.75) is 63.5 Å². The SMILES string of the molecule is CC(C)(C)OC(=O)N1CCN(CC(c2ccccc2-c2cccc(OC(F)(F)F)c2)C2(O)CCC2)CC1. The summed E-state index contributed by atoms with van der Waals surface area (Å²) in [4.78, 5) is 16.4. The van der Waals surface area contributed by atoms with E-state index < -0.39 is 17.6 Å². The number of benzene rings is 2. The topological polar surface area (TPSA) is 62.2 Å². The predicted molar refractivity (Wildman–Crippen MR) is 134 cm³/mol. The van der Waals surface area contributed by atoms with Crippen LogP contribution in [0.25, 0.3) is 11.1 Å². The summed E-state index contributed by atoms with van der Waals surface area (Å²) >= 11 is 0. The molecule has 6 nitrogen and oxygen atoms in total. The molecular weight excluding hydrogens is 485 g/mol. The Morgan fingerprint density at radius 3 is 2.30 bits per heavy atom. The first-order chi connectivity index (χ1) is 17.3. The van der Waals surface area contributed by atoms with E-state index in [4.69, 9.17) is 4.74 Å². The maximum Gasteiger partial charge on any atom is 0.573 e. The number of hydrogen-bond acceptors (Lipinski definition) is 5. The fourth-order valence-corrected chi connectivity index (χ4v) is 5.07. The molecule has 2 aromatic rings. The number of carbonyl (C=O) groups excluding carboxylic acids is 1. The minimum Gasteiger partial charge on any atom is -0.444 e. The quantitative estimate of drug-likeness (QED) is 0.522. The maximum absolute atomic E-state index is 12.8. The van der Waals surface area contributed by atoms with Gasteiger partial charge in [-0.3, -0.25) is 4.90 Å². The molecule has 1 amide bonds. The van der Waals surface area contributed by atoms with Gasteiger partial charge in [-0.25, -0.2) is 4.79 Å². The first-order valence-corrected chi connectivity index (χ1v) is 12.7. The van der Waals surface area contributed by atoms with Gasteiger partial charge >= 0.3 is 12.5 Å². The smallest absolute Gasteiger partial charge is 0.444 e. The van der Waals surface area contributed by atoms with Crippen LogP contribution < -0.4 is 4.74 Å². The van der Waals surface area contributed by atoms with Crippen LogP contribution in [0.5, 0.6) is 5.75 Å². The highest BCUT2D eigenvalue weighted by molar-refractivity contribution is 5.70. The van der Waals surface area contributed by atoms with Gasteiger partial charge in [0.25, 0.3) is 0 Å². The Labute approximate surface area is 216 Å². The third-order valence-electron chi connectivity index (χ3n) is 7.05. The Balaban J connectivity index is 1.55. The van der Waals surface area contributed by atoms with Crippen LogP contribution in [-0.2, 0) is 4.74 Å². The fraction of sp³-hybridized carbons (Fsp3) is 0.536. The number of halogens is 3. The molecule has 0 spiro atoms. The van der Waals surface area contributed by atoms with E-state index in [9.17, 15) is 23.1 Å². The van der Waals surface area contributed by atoms with E-state index in [0.717, 1.165) is 17.5 Å². The molecule has 1 unspecified atom stereocenters. The van der Waals surface area contributed by atoms with Crippen molar-refractivity contribution < 1.29 is 32.5 Å². The number of amides is 1. The average molecular weight is 521 g/mol. The van der Waals surface area contributed by atoms with Gasteiger partial charge < -0.3 is 19.5 Å². The predicted octanol–water partition coefficient (Wildman–Crippen LogP) is 5.80. The molecule has 4 rings (SSSR count). The van der Waals surface area contributed by atoms with Crippen molar-refractivity contribution in [1.82, 2.24) is 9.80 Å². The van der Waals surface area contributed by atoms with Crippen LogP contribution in [0, 0.1) is 0 Å². The third kappa shape index (κ3) is 6.96. The first kappa shape index (κ1) is 27.3. The van der Waals surface area contributed by atoms with Crippen LogP contribution in [0.3, 0.4) is 0 Å². The first-order valence-electron chi connectivity index (χ1n) is 12.7. The molecule has 2 aromatic carbocycles. The molecule has 9 heteroatoms. The summed E-state index contributed by atoms with van der Waals surface area (Å²) in [6.07, 6.45) is -2.84. The molecular formula is C28H35F3N2O4. The molecule has 1 aliphatic carbocycles. The molecule has 0 aromatic heterocycles. The Morgan fingerprint density at radius 1 is 1.03 bits per heavy atom. The van der Waals surface area contributed by atoms with E-state index >= 15 is 0 Å². The highest BCUT2D eigenvalue weighted by Gasteiger charge is 2.44. The van der Waals surface area contributed by atoms with E-state index in [1.165, 1.54) is 18.2 Å². The summed E-state index contributed by atoms with van der Waals surface area (Å²) in [6, 6.07) is 13.5. The summed E-state index contributed by atoms with van der Waals surface area (Å²) in [6.45, 7) is 8.44. The zero-order valence-corrected chi connectivity index (χ0v) is 21.6. The number of aliphatic hydroxyl groups is 1. The van der Waals surface area contributed by atoms with E-state index in [2.05, 4.69) is 9.64 Å². The summed E-state index contributed by atoms with van der Waals surface area (Å²) in [7, 11) is 0. The van der Waals surface area contributed by atoms with Gasteiger partial charge in [0.1, 0.15) is 11.4 Å². The zero-order valence-electron chi connectivity index (χ0n) is 21.6. The second kappa shape index (κ2) is 10.5. The number of hydrogen-bond donors (Lipinski definition) is 1. The molecule has 0 bridgehead atoms. The third-order valence-corrected chi connectivity index (χ3v) is 7.05. The van der Waals surface area contributed by atoms with E-state index in [1.807, 2.05) is 45.0 Å². The largest absolute Gasteiger partial charge is 0.573 e. The number of piperazine rings is 1. The van der Waals surface area contributed by atoms with Crippen molar-refractivity contribution in [3.05, 3.63) is 54.1 Å². The van der Waals surface area contributed by atoms with Crippen LogP contribution in [0.15, 0.2) is 48.5 Å². The summed E-state index contributed by atoms with van der Waals surface area (Å²) in [5, 5.41) is 11.5. The van der Waals surface area contributed by atoms with Crippen molar-refractivity contribution in [1.29, 1.82) is 0 Å². The fourth-order valence-electron chi connectivity index (χ4n) is 5.07. The lowest BCUT2D eigenvalue weighted by Gasteiger charge is -2.47. The molecule has 1 saturated heterocycles. The molecule has 1 aliphatic heterocycles. The van der Waals surface area contributed by atoms with Crippen molar-refractivity contribution in [3.8, 4) is 16.9 Å². The summed E-state index contributed by atoms with van der Waals surface area (Å²) in [5.41, 5.74) is 0.813. The van der Waals surface area contributed by atoms with Gasteiger partial charge in [-0.1, -0.05) is 36.4 Å². The van der Waals surface area contributed by atoms with Gasteiger partial charge in [0.15, 0.2) is 0 Å². The minimum atomic E-state index is -4.77. The number of rotatable bonds is 6. The lowest BCUT2D eigenvalue weighted by atomic mass is 9.67. The van der Waals surface area contributed by atoms with Crippen molar-refractivity contribution in [2.75, 3.05) is 32.7 Å². The second-order valence-electron chi connectivity index (χ2n) is 10.9. The summed E-state index contributed by atoms with van der Waals surface area (Å²) in [5.74, 6) is -0.519. The van der Waals surface area contributed by atoms with Crippen LogP contribution in [0.4, 0.5) is 18.0 Å². The monoisotopic (exact) mass is 520 g/mol. The molecule has 0 radical (unpaired) electrons. The van der Waals surface area contributed by atoms with Crippen molar-refractivity contribution >= 4 is 6.09 Å². The van der Waals surface area contributed by atoms with E-state index in [1.54, 1.807) is 11.0 Å². The van der Waals surface area contributed by atoms with Gasteiger partial charge in [-0.05, 0) is 68.9 Å². The number of alkyl halides is 3. The van der Waals surface area contributed by atoms with Gasteiger partial charge in [0.05, 0.1) is 5.60 Å². The maximum atomic E-state index is 12.8. The molecule has 2 fully saturated rings. The van der Waals surface area contributed by atoms with Crippen LogP contribution in [0.1, 0.15) is 51.5 Å². The Morgan fingerprint density at radius 2 is 1.70 bits per heavy atom. The van der Waals surface area contributed by atoms with Crippen molar-refractivity contribution in [2.24, 2.45) is 0 Å². The molecule has 1 saturated carbocycles. The molecule has 202 valence electrons. The highest BCUT2D eigenvalue weighted by Crippen LogP contribution is 2.46. The molecule has 1 atom stereocenters. The number of nitrogens with zero attached hydrogens (tertiary/aromatic N) is 2. The number of carbonyl (C=O) groups is 1. The molecule has 1 N–H and O–H groups in total. The van der Waals surface area contributed by atoms with Crippen molar-refractivity contribution in [3.63, 3.8) is 0 Å². The number of ether oxygens (including phenoxy) is 2. The van der Waals surface area contributed by atoms with Crippen LogP contribution in [0.2, 0.25) is 0 Å². The Kier molecular flexibility index (Phi) is 7.76. The molecule has 1 heterocycles. The van der Waals surface area contributed by atoms with Gasteiger partial charge in [0.2, 0.25) is 0 Å². The zero-order chi connectivity index (χ0) is 26.8. The van der Waals surface area contributed by atoms with E-state index in [-0.39, 0.29) is 17.8 Å². The van der Waals surface area contributed by atoms with E-state index in [0.29, 0.717) is 51.1 Å². The molecule has 2 aliphatic rings. The Hall–Kier alpha value is -2.78. The highest BCUT2D eigenvalue weighted by atomic mass is 19.4. The lowest BCUT2D eigenvalue weighted by molar-refractivity contribution is -0.274. The lowest BCUT2D eigenvalue weighted by Crippen LogP contribution is -2.53. The molecule has 37 heavy (non-hydrogen) atoms. The van der Waals surface area contributed by atoms with Crippen LogP contribution >= 0.6 is 0 Å². The second-order valence-corrected chi connectivity index (χ2v) is 10.9. The average Bonchev–Trinajstić information content (AvgIpc) is 2.79. The van der Waals surface area contributed by atoms with Gasteiger partial charge in [-0.15, -0.1) is 13.2 Å². The van der Waals surface area contributed by atoms with Gasteiger partial charge in [0, 0.05) is 38.6 Å². The Bertz CT molecular complexity index is 1090. The van der Waals surface area contributed by atoms with Gasteiger partial charge in [-0.2, -0.15) is 0 Å².